The highest BCUT2D eigenvalue weighted by Crippen LogP contribution is 2.51. The summed E-state index contributed by atoms with van der Waals surface area (Å²) >= 11 is 0. The summed E-state index contributed by atoms with van der Waals surface area (Å²) < 4.78 is 5.69. The van der Waals surface area contributed by atoms with Crippen LogP contribution in [0.15, 0.2) is 59.6 Å². The van der Waals surface area contributed by atoms with Gasteiger partial charge >= 0.3 is 0 Å². The first kappa shape index (κ1) is 17.9. The summed E-state index contributed by atoms with van der Waals surface area (Å²) in [4.78, 5) is 4.57. The van der Waals surface area contributed by atoms with Crippen LogP contribution in [0.3, 0.4) is 0 Å². The molecule has 1 aliphatic heterocycles. The summed E-state index contributed by atoms with van der Waals surface area (Å²) in [5.41, 5.74) is 8.47. The van der Waals surface area contributed by atoms with Crippen LogP contribution in [0, 0.1) is 5.41 Å². The van der Waals surface area contributed by atoms with E-state index in [0.29, 0.717) is 25.0 Å². The highest BCUT2D eigenvalue weighted by atomic mass is 16.5. The van der Waals surface area contributed by atoms with Gasteiger partial charge in [-0.05, 0) is 30.4 Å². The molecule has 1 heterocycles. The maximum absolute atomic E-state index is 9.92. The van der Waals surface area contributed by atoms with E-state index in [0.717, 1.165) is 30.6 Å². The SMILES string of the molecule is NC(=NCC1(CO)CC(c2ccccc2)C1)NC1CCOc2ccccc21. The molecule has 2 aromatic carbocycles. The second-order valence-corrected chi connectivity index (χ2v) is 7.75. The Balaban J connectivity index is 1.37. The van der Waals surface area contributed by atoms with E-state index in [1.54, 1.807) is 0 Å². The average Bonchev–Trinajstić information content (AvgIpc) is 2.68. The van der Waals surface area contributed by atoms with Crippen molar-refractivity contribution in [1.29, 1.82) is 0 Å². The van der Waals surface area contributed by atoms with Gasteiger partial charge in [0.05, 0.1) is 25.8 Å². The molecular formula is C22H27N3O2. The summed E-state index contributed by atoms with van der Waals surface area (Å²) in [7, 11) is 0. The van der Waals surface area contributed by atoms with Crippen LogP contribution in [-0.2, 0) is 0 Å². The van der Waals surface area contributed by atoms with Crippen molar-refractivity contribution in [3.05, 3.63) is 65.7 Å². The fourth-order valence-corrected chi connectivity index (χ4v) is 4.22. The van der Waals surface area contributed by atoms with Crippen molar-refractivity contribution in [2.24, 2.45) is 16.1 Å². The standard InChI is InChI=1S/C22H27N3O2/c23-21(25-19-10-11-27-20-9-5-4-8-18(19)20)24-14-22(15-26)12-17(13-22)16-6-2-1-3-7-16/h1-9,17,19,26H,10-15H2,(H3,23,24,25). The van der Waals surface area contributed by atoms with Crippen molar-refractivity contribution < 1.29 is 9.84 Å². The highest BCUT2D eigenvalue weighted by molar-refractivity contribution is 5.78. The normalized spacial score (nSPS) is 27.2. The second kappa shape index (κ2) is 7.61. The molecule has 2 aliphatic rings. The number of benzene rings is 2. The summed E-state index contributed by atoms with van der Waals surface area (Å²) in [6, 6.07) is 18.6. The van der Waals surface area contributed by atoms with Crippen LogP contribution < -0.4 is 15.8 Å². The fraction of sp³-hybridized carbons (Fsp3) is 0.409. The van der Waals surface area contributed by atoms with Gasteiger partial charge in [0.2, 0.25) is 0 Å². The zero-order chi connectivity index (χ0) is 18.7. The molecule has 1 unspecified atom stereocenters. The van der Waals surface area contributed by atoms with E-state index in [9.17, 15) is 5.11 Å². The molecule has 0 radical (unpaired) electrons. The quantitative estimate of drug-likeness (QED) is 0.562. The summed E-state index contributed by atoms with van der Waals surface area (Å²) in [5.74, 6) is 1.85. The van der Waals surface area contributed by atoms with Gasteiger partial charge in [0, 0.05) is 17.4 Å². The molecule has 0 bridgehead atoms. The van der Waals surface area contributed by atoms with Gasteiger partial charge in [-0.25, -0.2) is 0 Å². The lowest BCUT2D eigenvalue weighted by molar-refractivity contribution is 0.0341. The average molecular weight is 365 g/mol. The molecule has 27 heavy (non-hydrogen) atoms. The van der Waals surface area contributed by atoms with Crippen LogP contribution in [-0.4, -0.2) is 30.8 Å². The van der Waals surface area contributed by atoms with Crippen LogP contribution in [0.25, 0.3) is 0 Å². The minimum Gasteiger partial charge on any atom is -0.493 e. The number of nitrogens with one attached hydrogen (secondary N) is 1. The Bertz CT molecular complexity index is 800. The molecule has 4 rings (SSSR count). The molecule has 5 nitrogen and oxygen atoms in total. The molecule has 1 atom stereocenters. The minimum atomic E-state index is -0.152. The predicted octanol–water partition coefficient (Wildman–Crippen LogP) is 2.97. The molecule has 4 N–H and O–H groups in total. The maximum Gasteiger partial charge on any atom is 0.189 e. The van der Waals surface area contributed by atoms with Gasteiger partial charge in [0.1, 0.15) is 5.75 Å². The van der Waals surface area contributed by atoms with Gasteiger partial charge in [-0.2, -0.15) is 0 Å². The van der Waals surface area contributed by atoms with E-state index in [4.69, 9.17) is 10.5 Å². The van der Waals surface area contributed by atoms with Crippen molar-refractivity contribution in [1.82, 2.24) is 5.32 Å². The molecule has 1 aliphatic carbocycles. The molecule has 2 aromatic rings. The van der Waals surface area contributed by atoms with Gasteiger partial charge in [-0.15, -0.1) is 0 Å². The number of hydrogen-bond donors (Lipinski definition) is 3. The van der Waals surface area contributed by atoms with Crippen molar-refractivity contribution in [2.75, 3.05) is 19.8 Å². The molecule has 1 saturated carbocycles. The van der Waals surface area contributed by atoms with Crippen LogP contribution >= 0.6 is 0 Å². The number of hydrogen-bond acceptors (Lipinski definition) is 3. The molecule has 0 amide bonds. The number of ether oxygens (including phenoxy) is 1. The van der Waals surface area contributed by atoms with Crippen molar-refractivity contribution in [3.8, 4) is 5.75 Å². The Kier molecular flexibility index (Phi) is 5.03. The lowest BCUT2D eigenvalue weighted by Gasteiger charge is -2.46. The van der Waals surface area contributed by atoms with Crippen LogP contribution in [0.4, 0.5) is 0 Å². The number of aliphatic hydroxyl groups excluding tert-OH is 1. The Morgan fingerprint density at radius 1 is 1.15 bits per heavy atom. The number of guanidine groups is 1. The lowest BCUT2D eigenvalue weighted by atomic mass is 9.60. The van der Waals surface area contributed by atoms with Crippen LogP contribution in [0.1, 0.15) is 42.3 Å². The summed E-state index contributed by atoms with van der Waals surface area (Å²) in [6.45, 7) is 1.37. The summed E-state index contributed by atoms with van der Waals surface area (Å²) in [5, 5.41) is 13.2. The molecular weight excluding hydrogens is 338 g/mol. The number of fused-ring (bicyclic) bond motifs is 1. The summed E-state index contributed by atoms with van der Waals surface area (Å²) in [6.07, 6.45) is 2.75. The van der Waals surface area contributed by atoms with E-state index in [1.807, 2.05) is 24.3 Å². The van der Waals surface area contributed by atoms with Gasteiger partial charge in [0.15, 0.2) is 5.96 Å². The number of aliphatic imine (C=N–C) groups is 1. The van der Waals surface area contributed by atoms with Gasteiger partial charge in [0.25, 0.3) is 0 Å². The number of rotatable bonds is 5. The van der Waals surface area contributed by atoms with Gasteiger partial charge in [-0.1, -0.05) is 48.5 Å². The van der Waals surface area contributed by atoms with Crippen LogP contribution in [0.5, 0.6) is 5.75 Å². The second-order valence-electron chi connectivity index (χ2n) is 7.75. The zero-order valence-corrected chi connectivity index (χ0v) is 15.5. The first-order chi connectivity index (χ1) is 13.2. The van der Waals surface area contributed by atoms with E-state index in [2.05, 4.69) is 40.6 Å². The molecule has 0 saturated heterocycles. The van der Waals surface area contributed by atoms with E-state index in [-0.39, 0.29) is 18.1 Å². The highest BCUT2D eigenvalue weighted by Gasteiger charge is 2.44. The zero-order valence-electron chi connectivity index (χ0n) is 15.5. The Hall–Kier alpha value is -2.53. The first-order valence-electron chi connectivity index (χ1n) is 9.63. The van der Waals surface area contributed by atoms with Crippen molar-refractivity contribution in [2.45, 2.75) is 31.2 Å². The van der Waals surface area contributed by atoms with E-state index < -0.39 is 0 Å². The van der Waals surface area contributed by atoms with Crippen molar-refractivity contribution >= 4 is 5.96 Å². The number of aliphatic hydroxyl groups is 1. The Morgan fingerprint density at radius 3 is 2.67 bits per heavy atom. The topological polar surface area (TPSA) is 79.9 Å². The molecule has 1 fully saturated rings. The predicted molar refractivity (Wildman–Crippen MR) is 107 cm³/mol. The third kappa shape index (κ3) is 3.78. The van der Waals surface area contributed by atoms with Gasteiger partial charge in [-0.3, -0.25) is 4.99 Å². The molecule has 142 valence electrons. The van der Waals surface area contributed by atoms with Crippen molar-refractivity contribution in [3.63, 3.8) is 0 Å². The lowest BCUT2D eigenvalue weighted by Crippen LogP contribution is -2.43. The maximum atomic E-state index is 9.92. The largest absolute Gasteiger partial charge is 0.493 e. The third-order valence-electron chi connectivity index (χ3n) is 5.83. The smallest absolute Gasteiger partial charge is 0.189 e. The number of para-hydroxylation sites is 1. The Labute approximate surface area is 160 Å². The fourth-order valence-electron chi connectivity index (χ4n) is 4.22. The number of nitrogens with two attached hydrogens (primary N) is 1. The third-order valence-corrected chi connectivity index (χ3v) is 5.83. The monoisotopic (exact) mass is 365 g/mol. The molecule has 0 aromatic heterocycles. The first-order valence-corrected chi connectivity index (χ1v) is 9.63. The van der Waals surface area contributed by atoms with Crippen LogP contribution in [0.2, 0.25) is 0 Å². The number of nitrogens with zero attached hydrogens (tertiary/aromatic N) is 1. The minimum absolute atomic E-state index is 0.113. The molecule has 5 heteroatoms. The Morgan fingerprint density at radius 2 is 1.89 bits per heavy atom. The van der Waals surface area contributed by atoms with E-state index >= 15 is 0 Å². The van der Waals surface area contributed by atoms with E-state index in [1.165, 1.54) is 5.56 Å². The van der Waals surface area contributed by atoms with Gasteiger partial charge < -0.3 is 20.9 Å². The molecule has 0 spiro atoms.